The second-order valence-corrected chi connectivity index (χ2v) is 6.15. The van der Waals surface area contributed by atoms with Crippen molar-refractivity contribution < 1.29 is 43.8 Å². The topological polar surface area (TPSA) is 163 Å². The molecule has 5 atom stereocenters. The molecule has 1 aliphatic heterocycles. The number of fused-ring (bicyclic) bond motifs is 3. The van der Waals surface area contributed by atoms with E-state index in [1.54, 1.807) is 0 Å². The molecule has 0 amide bonds. The third-order valence-corrected chi connectivity index (χ3v) is 4.50. The van der Waals surface area contributed by atoms with E-state index < -0.39 is 48.7 Å². The third kappa shape index (κ3) is 2.74. The average molecular weight is 380 g/mol. The molecule has 1 aromatic carbocycles. The minimum Gasteiger partial charge on any atom is -0.504 e. The van der Waals surface area contributed by atoms with Crippen LogP contribution in [0.1, 0.15) is 0 Å². The molecular weight excluding hydrogens is 364 g/mol. The highest BCUT2D eigenvalue weighted by molar-refractivity contribution is 6.07. The number of aliphatic hydroxyl groups excluding tert-OH is 4. The molecule has 144 valence electrons. The standard InChI is InChI=1S/C17H16O10/c18-5-8-11(21)12(22)13(23)17(25-8)27-14-7-3-4-24-15(7)16-6(10(14)20)1-2-9(19)26-16/h1-4,8,11-13,17-18,20-23H,5H2. The number of phenols is 1. The number of rotatable bonds is 3. The minimum atomic E-state index is -1.66. The first-order chi connectivity index (χ1) is 12.9. The predicted octanol–water partition coefficient (Wildman–Crippen LogP) is -0.577. The van der Waals surface area contributed by atoms with Gasteiger partial charge in [0.05, 0.1) is 23.6 Å². The summed E-state index contributed by atoms with van der Waals surface area (Å²) >= 11 is 0. The van der Waals surface area contributed by atoms with Crippen LogP contribution in [0.15, 0.2) is 38.1 Å². The molecule has 5 unspecified atom stereocenters. The molecule has 1 fully saturated rings. The van der Waals surface area contributed by atoms with Crippen molar-refractivity contribution in [2.45, 2.75) is 30.7 Å². The average Bonchev–Trinajstić information content (AvgIpc) is 3.14. The van der Waals surface area contributed by atoms with Crippen LogP contribution in [0.3, 0.4) is 0 Å². The maximum Gasteiger partial charge on any atom is 0.336 e. The van der Waals surface area contributed by atoms with E-state index in [1.807, 2.05) is 0 Å². The summed E-state index contributed by atoms with van der Waals surface area (Å²) in [5, 5.41) is 50.1. The minimum absolute atomic E-state index is 0.0150. The van der Waals surface area contributed by atoms with E-state index in [1.165, 1.54) is 18.4 Å². The fraction of sp³-hybridized carbons (Fsp3) is 0.353. The number of hydrogen-bond donors (Lipinski definition) is 5. The van der Waals surface area contributed by atoms with Gasteiger partial charge in [0.25, 0.3) is 0 Å². The highest BCUT2D eigenvalue weighted by Crippen LogP contribution is 2.44. The molecule has 27 heavy (non-hydrogen) atoms. The summed E-state index contributed by atoms with van der Waals surface area (Å²) in [5.74, 6) is -0.552. The van der Waals surface area contributed by atoms with E-state index in [0.717, 1.165) is 6.07 Å². The third-order valence-electron chi connectivity index (χ3n) is 4.50. The first kappa shape index (κ1) is 17.8. The highest BCUT2D eigenvalue weighted by atomic mass is 16.7. The molecule has 0 spiro atoms. The van der Waals surface area contributed by atoms with Crippen LogP contribution in [-0.4, -0.2) is 62.8 Å². The molecule has 0 aliphatic carbocycles. The second-order valence-electron chi connectivity index (χ2n) is 6.15. The summed E-state index contributed by atoms with van der Waals surface area (Å²) < 4.78 is 21.3. The Balaban J connectivity index is 1.81. The quantitative estimate of drug-likeness (QED) is 0.372. The van der Waals surface area contributed by atoms with Crippen molar-refractivity contribution in [3.63, 3.8) is 0 Å². The van der Waals surface area contributed by atoms with Crippen molar-refractivity contribution >= 4 is 21.9 Å². The van der Waals surface area contributed by atoms with E-state index in [0.29, 0.717) is 0 Å². The van der Waals surface area contributed by atoms with Gasteiger partial charge in [-0.2, -0.15) is 0 Å². The lowest BCUT2D eigenvalue weighted by Gasteiger charge is -2.39. The monoisotopic (exact) mass is 380 g/mol. The Morgan fingerprint density at radius 3 is 2.52 bits per heavy atom. The van der Waals surface area contributed by atoms with Gasteiger partial charge >= 0.3 is 5.63 Å². The maximum absolute atomic E-state index is 11.5. The van der Waals surface area contributed by atoms with Gasteiger partial charge in [-0.1, -0.05) is 0 Å². The number of aromatic hydroxyl groups is 1. The van der Waals surface area contributed by atoms with Gasteiger partial charge in [0, 0.05) is 6.07 Å². The van der Waals surface area contributed by atoms with Crippen LogP contribution in [0.4, 0.5) is 0 Å². The van der Waals surface area contributed by atoms with Crippen LogP contribution in [0.2, 0.25) is 0 Å². The molecule has 10 heteroatoms. The molecule has 0 bridgehead atoms. The van der Waals surface area contributed by atoms with Crippen molar-refractivity contribution in [3.8, 4) is 11.5 Å². The fourth-order valence-corrected chi connectivity index (χ4v) is 3.09. The molecule has 1 saturated heterocycles. The Hall–Kier alpha value is -2.63. The fourth-order valence-electron chi connectivity index (χ4n) is 3.09. The van der Waals surface area contributed by atoms with E-state index in [-0.39, 0.29) is 27.7 Å². The lowest BCUT2D eigenvalue weighted by molar-refractivity contribution is -0.277. The van der Waals surface area contributed by atoms with Gasteiger partial charge in [-0.15, -0.1) is 0 Å². The zero-order valence-corrected chi connectivity index (χ0v) is 13.7. The van der Waals surface area contributed by atoms with E-state index in [2.05, 4.69) is 0 Å². The van der Waals surface area contributed by atoms with Crippen LogP contribution < -0.4 is 10.4 Å². The van der Waals surface area contributed by atoms with E-state index in [4.69, 9.17) is 18.3 Å². The lowest BCUT2D eigenvalue weighted by atomic mass is 9.99. The second kappa shape index (κ2) is 6.51. The van der Waals surface area contributed by atoms with Crippen LogP contribution in [0, 0.1) is 0 Å². The number of benzene rings is 1. The van der Waals surface area contributed by atoms with Gasteiger partial charge < -0.3 is 43.8 Å². The predicted molar refractivity (Wildman–Crippen MR) is 88.3 cm³/mol. The number of aliphatic hydroxyl groups is 4. The summed E-state index contributed by atoms with van der Waals surface area (Å²) in [6, 6.07) is 3.87. The molecule has 4 rings (SSSR count). The zero-order chi connectivity index (χ0) is 19.3. The van der Waals surface area contributed by atoms with Crippen molar-refractivity contribution in [3.05, 3.63) is 34.9 Å². The molecule has 5 N–H and O–H groups in total. The van der Waals surface area contributed by atoms with Crippen LogP contribution in [0.5, 0.6) is 11.5 Å². The molecule has 1 aliphatic rings. The molecule has 10 nitrogen and oxygen atoms in total. The van der Waals surface area contributed by atoms with Crippen molar-refractivity contribution in [1.29, 1.82) is 0 Å². The summed E-state index contributed by atoms with van der Waals surface area (Å²) in [6.45, 7) is -0.624. The van der Waals surface area contributed by atoms with Crippen LogP contribution in [0.25, 0.3) is 21.9 Å². The Morgan fingerprint density at radius 2 is 1.78 bits per heavy atom. The van der Waals surface area contributed by atoms with Crippen molar-refractivity contribution in [2.75, 3.05) is 6.61 Å². The van der Waals surface area contributed by atoms with Gasteiger partial charge in [-0.3, -0.25) is 0 Å². The number of hydrogen-bond acceptors (Lipinski definition) is 10. The summed E-state index contributed by atoms with van der Waals surface area (Å²) in [5.41, 5.74) is -0.497. The normalized spacial score (nSPS) is 28.7. The summed E-state index contributed by atoms with van der Waals surface area (Å²) in [4.78, 5) is 11.5. The number of furan rings is 1. The summed E-state index contributed by atoms with van der Waals surface area (Å²) in [6.07, 6.45) is -6.23. The zero-order valence-electron chi connectivity index (χ0n) is 13.7. The number of ether oxygens (including phenoxy) is 2. The Labute approximate surface area is 150 Å². The largest absolute Gasteiger partial charge is 0.504 e. The highest BCUT2D eigenvalue weighted by Gasteiger charge is 2.45. The van der Waals surface area contributed by atoms with E-state index >= 15 is 0 Å². The van der Waals surface area contributed by atoms with Gasteiger partial charge in [-0.05, 0) is 12.1 Å². The van der Waals surface area contributed by atoms with Gasteiger partial charge in [0.1, 0.15) is 24.4 Å². The lowest BCUT2D eigenvalue weighted by Crippen LogP contribution is -2.60. The summed E-state index contributed by atoms with van der Waals surface area (Å²) in [7, 11) is 0. The Kier molecular flexibility index (Phi) is 4.29. The van der Waals surface area contributed by atoms with Crippen LogP contribution in [-0.2, 0) is 4.74 Å². The molecule has 2 aromatic heterocycles. The van der Waals surface area contributed by atoms with Gasteiger partial charge in [0.15, 0.2) is 22.7 Å². The molecular formula is C17H16O10. The van der Waals surface area contributed by atoms with Crippen molar-refractivity contribution in [1.82, 2.24) is 0 Å². The molecule has 0 saturated carbocycles. The number of phenolic OH excluding ortho intramolecular Hbond substituents is 1. The Bertz CT molecular complexity index is 1040. The molecule has 3 heterocycles. The molecule has 0 radical (unpaired) electrons. The van der Waals surface area contributed by atoms with Gasteiger partial charge in [0.2, 0.25) is 6.29 Å². The first-order valence-corrected chi connectivity index (χ1v) is 8.05. The Morgan fingerprint density at radius 1 is 1.00 bits per heavy atom. The van der Waals surface area contributed by atoms with Crippen molar-refractivity contribution in [2.24, 2.45) is 0 Å². The smallest absolute Gasteiger partial charge is 0.336 e. The first-order valence-electron chi connectivity index (χ1n) is 8.05. The van der Waals surface area contributed by atoms with Gasteiger partial charge in [-0.25, -0.2) is 4.79 Å². The van der Waals surface area contributed by atoms with E-state index in [9.17, 15) is 30.3 Å². The SMILES string of the molecule is O=c1ccc2c(O)c(OC3OC(CO)C(O)C(O)C3O)c3ccoc3c2o1. The van der Waals surface area contributed by atoms with Crippen LogP contribution >= 0.6 is 0 Å². The molecule has 3 aromatic rings. The maximum atomic E-state index is 11.5.